The Labute approximate surface area is 196 Å². The van der Waals surface area contributed by atoms with Crippen LogP contribution >= 0.6 is 0 Å². The number of benzene rings is 2. The topological polar surface area (TPSA) is 105 Å². The molecule has 3 heterocycles. The molecule has 34 heavy (non-hydrogen) atoms. The van der Waals surface area contributed by atoms with Gasteiger partial charge in [-0.2, -0.15) is 0 Å². The number of nitrogens with one attached hydrogen (secondary N) is 1. The summed E-state index contributed by atoms with van der Waals surface area (Å²) in [7, 11) is 0. The molecule has 9 heteroatoms. The van der Waals surface area contributed by atoms with Crippen molar-refractivity contribution in [3.63, 3.8) is 0 Å². The first-order valence-corrected chi connectivity index (χ1v) is 11.4. The normalized spacial score (nSPS) is 21.9. The summed E-state index contributed by atoms with van der Waals surface area (Å²) in [6.07, 6.45) is 0.682. The highest BCUT2D eigenvalue weighted by molar-refractivity contribution is 6.05. The van der Waals surface area contributed by atoms with Gasteiger partial charge in [-0.05, 0) is 35.7 Å². The lowest BCUT2D eigenvalue weighted by Crippen LogP contribution is -2.52. The van der Waals surface area contributed by atoms with Crippen LogP contribution in [0.4, 0.5) is 4.79 Å². The summed E-state index contributed by atoms with van der Waals surface area (Å²) >= 11 is 0. The summed E-state index contributed by atoms with van der Waals surface area (Å²) in [4.78, 5) is 52.0. The number of nitrogens with zero attached hydrogens (tertiary/aromatic N) is 2. The van der Waals surface area contributed by atoms with E-state index >= 15 is 0 Å². The van der Waals surface area contributed by atoms with E-state index in [0.29, 0.717) is 43.8 Å². The maximum atomic E-state index is 12.8. The molecule has 0 aromatic heterocycles. The number of ether oxygens (including phenoxy) is 2. The van der Waals surface area contributed by atoms with E-state index in [1.54, 1.807) is 17.0 Å². The average Bonchev–Trinajstić information content (AvgIpc) is 3.43. The van der Waals surface area contributed by atoms with Crippen molar-refractivity contribution < 1.29 is 28.7 Å². The van der Waals surface area contributed by atoms with E-state index in [4.69, 9.17) is 9.47 Å². The monoisotopic (exact) mass is 463 g/mol. The van der Waals surface area contributed by atoms with Crippen LogP contribution in [0.5, 0.6) is 5.75 Å². The van der Waals surface area contributed by atoms with Gasteiger partial charge in [0, 0.05) is 31.5 Å². The molecule has 176 valence electrons. The fourth-order valence-electron chi connectivity index (χ4n) is 4.62. The zero-order valence-corrected chi connectivity index (χ0v) is 18.6. The molecule has 2 aromatic carbocycles. The molecule has 1 N–H and O–H groups in total. The Morgan fingerprint density at radius 2 is 1.88 bits per heavy atom. The second-order valence-corrected chi connectivity index (χ2v) is 8.73. The first kappa shape index (κ1) is 21.9. The van der Waals surface area contributed by atoms with Crippen LogP contribution in [0.1, 0.15) is 40.7 Å². The predicted molar refractivity (Wildman–Crippen MR) is 120 cm³/mol. The van der Waals surface area contributed by atoms with Gasteiger partial charge >= 0.3 is 6.09 Å². The van der Waals surface area contributed by atoms with Gasteiger partial charge in [0.2, 0.25) is 11.8 Å². The third-order valence-electron chi connectivity index (χ3n) is 6.41. The smallest absolute Gasteiger partial charge is 0.410 e. The van der Waals surface area contributed by atoms with Crippen molar-refractivity contribution in [1.82, 2.24) is 15.1 Å². The summed E-state index contributed by atoms with van der Waals surface area (Å²) in [5.41, 5.74) is 2.25. The summed E-state index contributed by atoms with van der Waals surface area (Å²) in [6, 6.07) is 14.1. The maximum absolute atomic E-state index is 12.8. The number of carbonyl (C=O) groups excluding carboxylic acids is 4. The Balaban J connectivity index is 1.16. The molecule has 2 fully saturated rings. The van der Waals surface area contributed by atoms with Gasteiger partial charge in [0.1, 0.15) is 24.5 Å². The molecule has 9 nitrogen and oxygen atoms in total. The Bertz CT molecular complexity index is 1130. The van der Waals surface area contributed by atoms with Crippen molar-refractivity contribution in [2.75, 3.05) is 13.1 Å². The molecule has 2 atom stereocenters. The average molecular weight is 463 g/mol. The van der Waals surface area contributed by atoms with Crippen molar-refractivity contribution in [2.24, 2.45) is 0 Å². The summed E-state index contributed by atoms with van der Waals surface area (Å²) in [5, 5.41) is 2.31. The van der Waals surface area contributed by atoms with Crippen LogP contribution < -0.4 is 10.1 Å². The minimum atomic E-state index is -0.646. The SMILES string of the molecule is O=C1CC[C@H](N2Cc3cc(O[C@H]4CCN(C(=O)OCc5ccccc5)C4)ccc3C2=O)C(=O)N1. The predicted octanol–water partition coefficient (Wildman–Crippen LogP) is 2.24. The van der Waals surface area contributed by atoms with Gasteiger partial charge in [-0.15, -0.1) is 0 Å². The molecule has 0 unspecified atom stereocenters. The van der Waals surface area contributed by atoms with E-state index in [1.165, 1.54) is 4.90 Å². The third-order valence-corrected chi connectivity index (χ3v) is 6.41. The number of carbonyl (C=O) groups is 4. The van der Waals surface area contributed by atoms with Gasteiger partial charge in [-0.3, -0.25) is 19.7 Å². The lowest BCUT2D eigenvalue weighted by Gasteiger charge is -2.29. The standard InChI is InChI=1S/C25H25N3O6/c29-22-9-8-21(23(30)26-22)28-13-17-12-18(6-7-20(17)24(28)31)34-19-10-11-27(14-19)25(32)33-15-16-4-2-1-3-5-16/h1-7,12,19,21H,8-11,13-15H2,(H,26,29,30)/t19-,21-/m0/s1. The molecule has 4 amide bonds. The highest BCUT2D eigenvalue weighted by atomic mass is 16.6. The zero-order valence-electron chi connectivity index (χ0n) is 18.6. The zero-order chi connectivity index (χ0) is 23.7. The van der Waals surface area contributed by atoms with Crippen molar-refractivity contribution in [3.8, 4) is 5.75 Å². The largest absolute Gasteiger partial charge is 0.489 e. The van der Waals surface area contributed by atoms with E-state index in [-0.39, 0.29) is 37.0 Å². The highest BCUT2D eigenvalue weighted by Gasteiger charge is 2.39. The van der Waals surface area contributed by atoms with Crippen molar-refractivity contribution >= 4 is 23.8 Å². The Morgan fingerprint density at radius 3 is 2.68 bits per heavy atom. The van der Waals surface area contributed by atoms with Gasteiger partial charge in [0.25, 0.3) is 5.91 Å². The van der Waals surface area contributed by atoms with E-state index < -0.39 is 11.9 Å². The third kappa shape index (κ3) is 4.46. The van der Waals surface area contributed by atoms with Gasteiger partial charge in [0.05, 0.1) is 6.54 Å². The Hall–Kier alpha value is -3.88. The minimum absolute atomic E-state index is 0.175. The number of fused-ring (bicyclic) bond motifs is 1. The molecule has 0 aliphatic carbocycles. The number of hydrogen-bond acceptors (Lipinski definition) is 6. The van der Waals surface area contributed by atoms with E-state index in [9.17, 15) is 19.2 Å². The van der Waals surface area contributed by atoms with Gasteiger partial charge in [0.15, 0.2) is 0 Å². The molecule has 3 aliphatic heterocycles. The van der Waals surface area contributed by atoms with Crippen LogP contribution in [0.2, 0.25) is 0 Å². The molecular formula is C25H25N3O6. The lowest BCUT2D eigenvalue weighted by atomic mass is 10.0. The van der Waals surface area contributed by atoms with Gasteiger partial charge in [-0.25, -0.2) is 4.79 Å². The maximum Gasteiger partial charge on any atom is 0.410 e. The summed E-state index contributed by atoms with van der Waals surface area (Å²) in [6.45, 7) is 1.49. The molecule has 0 saturated carbocycles. The van der Waals surface area contributed by atoms with E-state index in [1.807, 2.05) is 36.4 Å². The van der Waals surface area contributed by atoms with Crippen LogP contribution in [-0.4, -0.2) is 58.8 Å². The van der Waals surface area contributed by atoms with E-state index in [0.717, 1.165) is 11.1 Å². The minimum Gasteiger partial charge on any atom is -0.489 e. The second kappa shape index (κ2) is 9.17. The van der Waals surface area contributed by atoms with Gasteiger partial charge < -0.3 is 19.3 Å². The van der Waals surface area contributed by atoms with Crippen molar-refractivity contribution in [3.05, 3.63) is 65.2 Å². The van der Waals surface area contributed by atoms with Crippen molar-refractivity contribution in [2.45, 2.75) is 44.6 Å². The molecular weight excluding hydrogens is 438 g/mol. The first-order chi connectivity index (χ1) is 16.5. The van der Waals surface area contributed by atoms with Crippen molar-refractivity contribution in [1.29, 1.82) is 0 Å². The van der Waals surface area contributed by atoms with Crippen LogP contribution in [-0.2, 0) is 27.5 Å². The Kier molecular flexibility index (Phi) is 5.91. The number of imide groups is 1. The number of piperidine rings is 1. The lowest BCUT2D eigenvalue weighted by molar-refractivity contribution is -0.136. The molecule has 0 radical (unpaired) electrons. The number of hydrogen-bond donors (Lipinski definition) is 1. The van der Waals surface area contributed by atoms with Crippen LogP contribution in [0.15, 0.2) is 48.5 Å². The van der Waals surface area contributed by atoms with Crippen LogP contribution in [0.25, 0.3) is 0 Å². The number of likely N-dealkylation sites (tertiary alicyclic amines) is 1. The number of amides is 4. The molecule has 0 spiro atoms. The van der Waals surface area contributed by atoms with E-state index in [2.05, 4.69) is 5.32 Å². The quantitative estimate of drug-likeness (QED) is 0.682. The second-order valence-electron chi connectivity index (χ2n) is 8.73. The molecule has 2 aromatic rings. The van der Waals surface area contributed by atoms with Gasteiger partial charge in [-0.1, -0.05) is 30.3 Å². The summed E-state index contributed by atoms with van der Waals surface area (Å²) in [5.74, 6) is -0.347. The molecule has 0 bridgehead atoms. The fraction of sp³-hybridized carbons (Fsp3) is 0.360. The Morgan fingerprint density at radius 1 is 1.06 bits per heavy atom. The molecule has 3 aliphatic rings. The highest BCUT2D eigenvalue weighted by Crippen LogP contribution is 2.31. The van der Waals surface area contributed by atoms with Crippen LogP contribution in [0.3, 0.4) is 0 Å². The molecule has 2 saturated heterocycles. The van der Waals surface area contributed by atoms with Crippen LogP contribution in [0, 0.1) is 0 Å². The number of rotatable bonds is 5. The first-order valence-electron chi connectivity index (χ1n) is 11.4. The summed E-state index contributed by atoms with van der Waals surface area (Å²) < 4.78 is 11.5. The fourth-order valence-corrected chi connectivity index (χ4v) is 4.62. The molecule has 5 rings (SSSR count).